The lowest BCUT2D eigenvalue weighted by Crippen LogP contribution is -2.34. The Balaban J connectivity index is 1.41. The zero-order valence-corrected chi connectivity index (χ0v) is 27.3. The van der Waals surface area contributed by atoms with Crippen LogP contribution in [0.5, 0.6) is 69.0 Å². The molecule has 0 unspecified atom stereocenters. The Labute approximate surface area is 297 Å². The highest BCUT2D eigenvalue weighted by Gasteiger charge is 2.39. The number of aromatic hydroxyl groups is 9. The van der Waals surface area contributed by atoms with Crippen molar-refractivity contribution < 1.29 is 74.8 Å². The van der Waals surface area contributed by atoms with Crippen LogP contribution in [0.1, 0.15) is 44.8 Å². The van der Waals surface area contributed by atoms with E-state index in [0.29, 0.717) is 5.56 Å². The standard InChI is InChI=1S/C37H30O16/c1-50-27-7-16(39)9-29-20(27)11-26(45)36(52-29)18-10-25(44)34(48)31-17(18)2-13(3-24(43)33(31)47)35-30(12-19-21(40)6-15(38)8-28(19)51-35)53-37(49)14-4-22(41)32(46)23(42)5-14/h2-10,26,30,35-36,38-42,44-46,48H,11-12H2,1H3,(H,43,47)/t26-,30+,35-,36-/m1/s1. The molecular formula is C37H30O16. The highest BCUT2D eigenvalue weighted by molar-refractivity contribution is 5.94. The van der Waals surface area contributed by atoms with Gasteiger partial charge in [0.05, 0.1) is 24.2 Å². The quantitative estimate of drug-likeness (QED) is 0.0915. The molecule has 0 aromatic heterocycles. The van der Waals surface area contributed by atoms with E-state index < -0.39 is 92.8 Å². The van der Waals surface area contributed by atoms with Crippen LogP contribution in [0.15, 0.2) is 59.4 Å². The van der Waals surface area contributed by atoms with Crippen LogP contribution in [-0.2, 0) is 17.6 Å². The molecule has 0 amide bonds. The molecule has 2 aliphatic heterocycles. The normalized spacial score (nSPS) is 19.0. The zero-order valence-electron chi connectivity index (χ0n) is 27.3. The first-order valence-corrected chi connectivity index (χ1v) is 15.8. The summed E-state index contributed by atoms with van der Waals surface area (Å²) in [6.07, 6.45) is -5.96. The minimum atomic E-state index is -1.46. The van der Waals surface area contributed by atoms with Crippen LogP contribution in [0.2, 0.25) is 0 Å². The van der Waals surface area contributed by atoms with Crippen molar-refractivity contribution >= 4 is 16.7 Å². The van der Waals surface area contributed by atoms with Crippen molar-refractivity contribution in [1.82, 2.24) is 0 Å². The van der Waals surface area contributed by atoms with E-state index in [1.54, 1.807) is 0 Å². The van der Waals surface area contributed by atoms with Crippen LogP contribution in [0.3, 0.4) is 0 Å². The number of carbonyl (C=O) groups excluding carboxylic acids is 1. The first-order chi connectivity index (χ1) is 25.1. The molecule has 0 bridgehead atoms. The van der Waals surface area contributed by atoms with Crippen LogP contribution < -0.4 is 19.6 Å². The number of benzene rings is 4. The Hall–Kier alpha value is -6.94. The minimum Gasteiger partial charge on any atom is -0.508 e. The van der Waals surface area contributed by atoms with Gasteiger partial charge in [0.1, 0.15) is 40.6 Å². The fraction of sp³-hybridized carbons (Fsp3) is 0.189. The number of phenolic OH excluding ortho intramolecular Hbond substituents is 8. The maximum Gasteiger partial charge on any atom is 0.338 e. The van der Waals surface area contributed by atoms with Gasteiger partial charge in [0.15, 0.2) is 46.7 Å². The largest absolute Gasteiger partial charge is 0.508 e. The number of methoxy groups -OCH3 is 1. The maximum absolute atomic E-state index is 13.7. The van der Waals surface area contributed by atoms with E-state index in [4.69, 9.17) is 18.9 Å². The monoisotopic (exact) mass is 730 g/mol. The SMILES string of the molecule is COc1cc(O)cc2c1C[C@@H](O)[C@@H](c1cc(O)c(O)c3c(=O)c(O)cc([C@H]4Oc5cc(O)cc(O)c5C[C@@H]4OC(=O)c4cc(O)c(O)c(O)c4)cc13)O2. The maximum atomic E-state index is 13.7. The van der Waals surface area contributed by atoms with Crippen LogP contribution in [0, 0.1) is 0 Å². The number of hydrogen-bond donors (Lipinski definition) is 10. The molecule has 2 aliphatic rings. The van der Waals surface area contributed by atoms with E-state index in [2.05, 4.69) is 0 Å². The van der Waals surface area contributed by atoms with Crippen molar-refractivity contribution in [3.63, 3.8) is 0 Å². The molecule has 5 aromatic carbocycles. The number of ether oxygens (including phenoxy) is 4. The molecule has 0 saturated heterocycles. The summed E-state index contributed by atoms with van der Waals surface area (Å²) in [5.41, 5.74) is -1.21. The molecule has 53 heavy (non-hydrogen) atoms. The van der Waals surface area contributed by atoms with Gasteiger partial charge in [-0.2, -0.15) is 0 Å². The van der Waals surface area contributed by atoms with Gasteiger partial charge in [0, 0.05) is 59.4 Å². The number of carbonyl (C=O) groups is 1. The first kappa shape index (κ1) is 34.5. The Bertz CT molecular complexity index is 2380. The molecule has 0 aliphatic carbocycles. The van der Waals surface area contributed by atoms with Gasteiger partial charge in [-0.1, -0.05) is 0 Å². The lowest BCUT2D eigenvalue weighted by atomic mass is 9.90. The molecule has 2 heterocycles. The molecule has 5 aromatic rings. The third-order valence-electron chi connectivity index (χ3n) is 9.18. The molecule has 0 spiro atoms. The van der Waals surface area contributed by atoms with E-state index in [1.165, 1.54) is 31.4 Å². The Morgan fingerprint density at radius 3 is 1.98 bits per heavy atom. The molecular weight excluding hydrogens is 700 g/mol. The highest BCUT2D eigenvalue weighted by Crippen LogP contribution is 2.48. The third kappa shape index (κ3) is 5.89. The van der Waals surface area contributed by atoms with Crippen molar-refractivity contribution in [2.45, 2.75) is 37.3 Å². The van der Waals surface area contributed by atoms with Crippen LogP contribution in [0.4, 0.5) is 0 Å². The van der Waals surface area contributed by atoms with E-state index in [9.17, 15) is 60.7 Å². The van der Waals surface area contributed by atoms with Gasteiger partial charge in [0.25, 0.3) is 0 Å². The molecule has 274 valence electrons. The third-order valence-corrected chi connectivity index (χ3v) is 9.18. The fourth-order valence-corrected chi connectivity index (χ4v) is 6.70. The summed E-state index contributed by atoms with van der Waals surface area (Å²) >= 11 is 0. The minimum absolute atomic E-state index is 0.0557. The van der Waals surface area contributed by atoms with Crippen molar-refractivity contribution in [3.8, 4) is 69.0 Å². The second kappa shape index (κ2) is 12.7. The molecule has 0 radical (unpaired) electrons. The molecule has 16 heteroatoms. The topological polar surface area (TPSA) is 273 Å². The molecule has 7 rings (SSSR count). The Morgan fingerprint density at radius 2 is 1.30 bits per heavy atom. The second-order valence-electron chi connectivity index (χ2n) is 12.6. The average Bonchev–Trinajstić information content (AvgIpc) is 3.23. The molecule has 0 saturated carbocycles. The number of phenols is 8. The number of aliphatic hydroxyl groups is 1. The van der Waals surface area contributed by atoms with Crippen LogP contribution in [-0.4, -0.2) is 76.4 Å². The summed E-state index contributed by atoms with van der Waals surface area (Å²) in [4.78, 5) is 27.1. The molecule has 0 fully saturated rings. The van der Waals surface area contributed by atoms with E-state index >= 15 is 0 Å². The summed E-state index contributed by atoms with van der Waals surface area (Å²) in [7, 11) is 1.36. The highest BCUT2D eigenvalue weighted by atomic mass is 16.6. The van der Waals surface area contributed by atoms with Crippen molar-refractivity contribution in [2.24, 2.45) is 0 Å². The van der Waals surface area contributed by atoms with Gasteiger partial charge in [-0.05, 0) is 35.7 Å². The fourth-order valence-electron chi connectivity index (χ4n) is 6.70. The predicted molar refractivity (Wildman–Crippen MR) is 180 cm³/mol. The summed E-state index contributed by atoms with van der Waals surface area (Å²) in [5, 5.41) is 104. The summed E-state index contributed by atoms with van der Waals surface area (Å²) in [6, 6.07) is 9.71. The van der Waals surface area contributed by atoms with E-state index in [1.807, 2.05) is 0 Å². The lowest BCUT2D eigenvalue weighted by Gasteiger charge is -2.34. The Morgan fingerprint density at radius 1 is 0.679 bits per heavy atom. The van der Waals surface area contributed by atoms with Crippen LogP contribution >= 0.6 is 0 Å². The molecule has 10 N–H and O–H groups in total. The summed E-state index contributed by atoms with van der Waals surface area (Å²) in [5.74, 6) is -7.17. The van der Waals surface area contributed by atoms with Crippen molar-refractivity contribution in [1.29, 1.82) is 0 Å². The van der Waals surface area contributed by atoms with Gasteiger partial charge in [-0.15, -0.1) is 0 Å². The summed E-state index contributed by atoms with van der Waals surface area (Å²) in [6.45, 7) is 0. The van der Waals surface area contributed by atoms with Gasteiger partial charge < -0.3 is 70.0 Å². The average molecular weight is 731 g/mol. The number of hydrogen-bond acceptors (Lipinski definition) is 16. The van der Waals surface area contributed by atoms with E-state index in [-0.39, 0.29) is 57.9 Å². The number of fused-ring (bicyclic) bond motifs is 3. The Kier molecular flexibility index (Phi) is 8.26. The van der Waals surface area contributed by atoms with Gasteiger partial charge >= 0.3 is 5.97 Å². The lowest BCUT2D eigenvalue weighted by molar-refractivity contribution is -0.0188. The van der Waals surface area contributed by atoms with Gasteiger partial charge in [-0.3, -0.25) is 4.79 Å². The number of esters is 1. The zero-order chi connectivity index (χ0) is 38.0. The van der Waals surface area contributed by atoms with Crippen molar-refractivity contribution in [3.05, 3.63) is 92.6 Å². The molecule has 16 nitrogen and oxygen atoms in total. The van der Waals surface area contributed by atoms with E-state index in [0.717, 1.165) is 30.3 Å². The number of rotatable bonds is 5. The molecule has 4 atom stereocenters. The van der Waals surface area contributed by atoms with Crippen molar-refractivity contribution in [2.75, 3.05) is 7.11 Å². The second-order valence-corrected chi connectivity index (χ2v) is 12.6. The number of aliphatic hydroxyl groups excluding tert-OH is 1. The van der Waals surface area contributed by atoms with Crippen LogP contribution in [0.25, 0.3) is 10.8 Å². The first-order valence-electron chi connectivity index (χ1n) is 15.8. The summed E-state index contributed by atoms with van der Waals surface area (Å²) < 4.78 is 23.3. The van der Waals surface area contributed by atoms with Gasteiger partial charge in [0.2, 0.25) is 5.43 Å². The smallest absolute Gasteiger partial charge is 0.338 e. The van der Waals surface area contributed by atoms with Gasteiger partial charge in [-0.25, -0.2) is 4.79 Å². The predicted octanol–water partition coefficient (Wildman–Crippen LogP) is 3.50.